The third-order valence-corrected chi connectivity index (χ3v) is 7.61. The first-order valence-electron chi connectivity index (χ1n) is 13.7. The highest BCUT2D eigenvalue weighted by atomic mass is 19.4. The lowest BCUT2D eigenvalue weighted by atomic mass is 10.0. The first kappa shape index (κ1) is 29.6. The summed E-state index contributed by atoms with van der Waals surface area (Å²) in [6.45, 7) is 5.63. The topological polar surface area (TPSA) is 102 Å². The quantitative estimate of drug-likeness (QED) is 0.436. The molecule has 0 radical (unpaired) electrons. The van der Waals surface area contributed by atoms with Crippen molar-refractivity contribution in [3.05, 3.63) is 41.6 Å². The average Bonchev–Trinajstić information content (AvgIpc) is 3.36. The first-order valence-corrected chi connectivity index (χ1v) is 13.7. The van der Waals surface area contributed by atoms with Gasteiger partial charge in [-0.2, -0.15) is 18.2 Å². The molecule has 2 amide bonds. The Kier molecular flexibility index (Phi) is 9.17. The molecule has 40 heavy (non-hydrogen) atoms. The van der Waals surface area contributed by atoms with E-state index in [0.29, 0.717) is 30.5 Å². The number of hydrogen-bond acceptors (Lipinski definition) is 7. The Balaban J connectivity index is 1.43. The Hall–Kier alpha value is -3.41. The highest BCUT2D eigenvalue weighted by molar-refractivity contribution is 5.94. The second-order valence-electron chi connectivity index (χ2n) is 11.1. The largest absolute Gasteiger partial charge is 0.421 e. The van der Waals surface area contributed by atoms with E-state index < -0.39 is 11.7 Å². The fourth-order valence-electron chi connectivity index (χ4n) is 5.28. The predicted octanol–water partition coefficient (Wildman–Crippen LogP) is 4.51. The van der Waals surface area contributed by atoms with E-state index in [9.17, 15) is 22.8 Å². The van der Waals surface area contributed by atoms with Gasteiger partial charge in [0, 0.05) is 48.5 Å². The van der Waals surface area contributed by atoms with Crippen LogP contribution in [0, 0.1) is 5.92 Å². The zero-order chi connectivity index (χ0) is 29.0. The predicted molar refractivity (Wildman–Crippen MR) is 147 cm³/mol. The van der Waals surface area contributed by atoms with Gasteiger partial charge < -0.3 is 25.8 Å². The van der Waals surface area contributed by atoms with Crippen LogP contribution in [-0.4, -0.2) is 76.9 Å². The summed E-state index contributed by atoms with van der Waals surface area (Å²) >= 11 is 0. The van der Waals surface area contributed by atoms with E-state index in [2.05, 4.69) is 37.9 Å². The number of nitrogens with one attached hydrogen (secondary N) is 3. The van der Waals surface area contributed by atoms with Crippen molar-refractivity contribution in [1.29, 1.82) is 0 Å². The third-order valence-electron chi connectivity index (χ3n) is 7.61. The Labute approximate surface area is 232 Å². The fourth-order valence-corrected chi connectivity index (χ4v) is 5.28. The molecule has 1 aliphatic heterocycles. The number of benzene rings is 1. The van der Waals surface area contributed by atoms with Crippen LogP contribution in [0.1, 0.15) is 61.9 Å². The standard InChI is InChI=1S/C28H38F3N7O2/c1-17(2)33-25(39)19-7-10-21(15-19)34-24-23(28(29,30)31)16-32-27(36-24)35-20-8-5-18(6-9-20)26(40)38(4)22-11-13-37(3)14-12-22/h5-6,8-9,16-17,19,21-22H,7,10-15H2,1-4H3,(H,33,39)(H2,32,34,35,36)/t19-,21+/m0/s1. The molecule has 2 aliphatic rings. The normalized spacial score (nSPS) is 20.4. The summed E-state index contributed by atoms with van der Waals surface area (Å²) in [5.74, 6) is -0.750. The van der Waals surface area contributed by atoms with Gasteiger partial charge in [0.2, 0.25) is 11.9 Å². The molecule has 1 saturated heterocycles. The summed E-state index contributed by atoms with van der Waals surface area (Å²) in [6, 6.07) is 6.59. The van der Waals surface area contributed by atoms with E-state index in [0.717, 1.165) is 32.1 Å². The minimum absolute atomic E-state index is 0.000823. The Morgan fingerprint density at radius 3 is 2.38 bits per heavy atom. The monoisotopic (exact) mass is 561 g/mol. The van der Waals surface area contributed by atoms with Crippen molar-refractivity contribution in [2.45, 2.75) is 70.3 Å². The molecule has 4 rings (SSSR count). The SMILES string of the molecule is CC(C)NC(=O)[C@H]1CC[C@@H](Nc2nc(Nc3ccc(C(=O)N(C)C4CCN(C)CC4)cc3)ncc2C(F)(F)F)C1. The van der Waals surface area contributed by atoms with Gasteiger partial charge in [-0.05, 0) is 90.4 Å². The van der Waals surface area contributed by atoms with Crippen LogP contribution >= 0.6 is 0 Å². The Bertz CT molecular complexity index is 1180. The van der Waals surface area contributed by atoms with E-state index in [1.165, 1.54) is 0 Å². The molecule has 1 aliphatic carbocycles. The minimum Gasteiger partial charge on any atom is -0.367 e. The smallest absolute Gasteiger partial charge is 0.367 e. The number of likely N-dealkylation sites (tertiary alicyclic amines) is 1. The summed E-state index contributed by atoms with van der Waals surface area (Å²) in [7, 11) is 3.89. The van der Waals surface area contributed by atoms with Gasteiger partial charge in [0.1, 0.15) is 11.4 Å². The molecule has 1 aromatic carbocycles. The zero-order valence-corrected chi connectivity index (χ0v) is 23.4. The minimum atomic E-state index is -4.64. The zero-order valence-electron chi connectivity index (χ0n) is 23.4. The van der Waals surface area contributed by atoms with Gasteiger partial charge in [0.15, 0.2) is 0 Å². The van der Waals surface area contributed by atoms with Crippen molar-refractivity contribution in [1.82, 2.24) is 25.1 Å². The van der Waals surface area contributed by atoms with Gasteiger partial charge in [-0.25, -0.2) is 4.98 Å². The highest BCUT2D eigenvalue weighted by Gasteiger charge is 2.37. The number of hydrogen-bond donors (Lipinski definition) is 3. The Morgan fingerprint density at radius 1 is 1.07 bits per heavy atom. The van der Waals surface area contributed by atoms with E-state index in [1.54, 1.807) is 29.2 Å². The van der Waals surface area contributed by atoms with Gasteiger partial charge in [-0.15, -0.1) is 0 Å². The molecule has 2 atom stereocenters. The van der Waals surface area contributed by atoms with Gasteiger partial charge >= 0.3 is 6.18 Å². The molecule has 0 spiro atoms. The van der Waals surface area contributed by atoms with Gasteiger partial charge in [-0.3, -0.25) is 9.59 Å². The molecule has 12 heteroatoms. The molecule has 2 heterocycles. The second kappa shape index (κ2) is 12.4. The molecule has 2 fully saturated rings. The first-order chi connectivity index (χ1) is 18.9. The van der Waals surface area contributed by atoms with Crippen LogP contribution in [-0.2, 0) is 11.0 Å². The van der Waals surface area contributed by atoms with Crippen molar-refractivity contribution in [3.63, 3.8) is 0 Å². The number of alkyl halides is 3. The number of carbonyl (C=O) groups excluding carboxylic acids is 2. The molecule has 9 nitrogen and oxygen atoms in total. The van der Waals surface area contributed by atoms with Crippen LogP contribution in [0.3, 0.4) is 0 Å². The second-order valence-corrected chi connectivity index (χ2v) is 11.1. The molecule has 2 aromatic rings. The van der Waals surface area contributed by atoms with Crippen LogP contribution in [0.4, 0.5) is 30.6 Å². The Morgan fingerprint density at radius 2 is 1.75 bits per heavy atom. The van der Waals surface area contributed by atoms with Crippen molar-refractivity contribution in [2.24, 2.45) is 5.92 Å². The summed E-state index contributed by atoms with van der Waals surface area (Å²) in [4.78, 5) is 37.4. The number of anilines is 3. The lowest BCUT2D eigenvalue weighted by molar-refractivity contribution is -0.137. The number of nitrogens with zero attached hydrogens (tertiary/aromatic N) is 4. The fraction of sp³-hybridized carbons (Fsp3) is 0.571. The molecule has 0 unspecified atom stereocenters. The molecule has 1 aromatic heterocycles. The van der Waals surface area contributed by atoms with Crippen LogP contribution in [0.25, 0.3) is 0 Å². The lowest BCUT2D eigenvalue weighted by Gasteiger charge is -2.35. The van der Waals surface area contributed by atoms with E-state index >= 15 is 0 Å². The maximum absolute atomic E-state index is 13.7. The van der Waals surface area contributed by atoms with Crippen LogP contribution < -0.4 is 16.0 Å². The van der Waals surface area contributed by atoms with Crippen molar-refractivity contribution in [2.75, 3.05) is 37.8 Å². The van der Waals surface area contributed by atoms with Crippen molar-refractivity contribution < 1.29 is 22.8 Å². The highest BCUT2D eigenvalue weighted by Crippen LogP contribution is 2.36. The average molecular weight is 562 g/mol. The van der Waals surface area contributed by atoms with Gasteiger partial charge in [0.05, 0.1) is 0 Å². The molecular weight excluding hydrogens is 523 g/mol. The van der Waals surface area contributed by atoms with Crippen LogP contribution in [0.5, 0.6) is 0 Å². The molecule has 0 bridgehead atoms. The van der Waals surface area contributed by atoms with E-state index in [1.807, 2.05) is 20.9 Å². The maximum atomic E-state index is 13.7. The number of piperidine rings is 1. The number of halogens is 3. The van der Waals surface area contributed by atoms with Crippen LogP contribution in [0.15, 0.2) is 30.5 Å². The number of amides is 2. The van der Waals surface area contributed by atoms with E-state index in [4.69, 9.17) is 0 Å². The van der Waals surface area contributed by atoms with E-state index in [-0.39, 0.29) is 47.6 Å². The maximum Gasteiger partial charge on any atom is 0.421 e. The summed E-state index contributed by atoms with van der Waals surface area (Å²) in [5.41, 5.74) is 0.0986. The molecule has 1 saturated carbocycles. The number of rotatable bonds is 8. The molecule has 3 N–H and O–H groups in total. The summed E-state index contributed by atoms with van der Waals surface area (Å²) in [5, 5.41) is 8.71. The van der Waals surface area contributed by atoms with Crippen molar-refractivity contribution in [3.8, 4) is 0 Å². The van der Waals surface area contributed by atoms with Gasteiger partial charge in [-0.1, -0.05) is 0 Å². The summed E-state index contributed by atoms with van der Waals surface area (Å²) < 4.78 is 41.2. The van der Waals surface area contributed by atoms with Crippen molar-refractivity contribution >= 4 is 29.3 Å². The summed E-state index contributed by atoms with van der Waals surface area (Å²) in [6.07, 6.45) is -0.476. The molecule has 218 valence electrons. The third kappa shape index (κ3) is 7.41. The number of aromatic nitrogens is 2. The van der Waals surface area contributed by atoms with Crippen LogP contribution in [0.2, 0.25) is 0 Å². The molecular formula is C28H38F3N7O2. The lowest BCUT2D eigenvalue weighted by Crippen LogP contribution is -2.44. The number of carbonyl (C=O) groups is 2. The van der Waals surface area contributed by atoms with Gasteiger partial charge in [0.25, 0.3) is 5.91 Å².